The zero-order valence-corrected chi connectivity index (χ0v) is 8.54. The largest absolute Gasteiger partial charge is 0.410 e. The monoisotopic (exact) mass is 236 g/mol. The molecule has 0 aliphatic heterocycles. The highest BCUT2D eigenvalue weighted by Gasteiger charge is 2.12. The van der Waals surface area contributed by atoms with Gasteiger partial charge in [-0.1, -0.05) is 0 Å². The fourth-order valence-electron chi connectivity index (χ4n) is 0.643. The summed E-state index contributed by atoms with van der Waals surface area (Å²) in [7, 11) is -3.52. The smallest absolute Gasteiger partial charge is 0.395 e. The van der Waals surface area contributed by atoms with Crippen molar-refractivity contribution in [2.24, 2.45) is 0 Å². The minimum atomic E-state index is -3.52. The Bertz CT molecular complexity index is 459. The molecule has 1 aromatic rings. The van der Waals surface area contributed by atoms with Gasteiger partial charge in [0, 0.05) is 30.1 Å². The molecule has 0 saturated carbocycles. The van der Waals surface area contributed by atoms with E-state index in [1.54, 1.807) is 0 Å². The van der Waals surface area contributed by atoms with Crippen molar-refractivity contribution in [3.63, 3.8) is 0 Å². The maximum absolute atomic E-state index is 11.0. The van der Waals surface area contributed by atoms with Gasteiger partial charge in [-0.2, -0.15) is 4.98 Å². The summed E-state index contributed by atoms with van der Waals surface area (Å²) in [6.07, 6.45) is 2.09. The zero-order chi connectivity index (χ0) is 10.8. The van der Waals surface area contributed by atoms with Gasteiger partial charge in [0.25, 0.3) is 0 Å². The van der Waals surface area contributed by atoms with E-state index in [0.717, 1.165) is 12.5 Å². The van der Waals surface area contributed by atoms with Crippen LogP contribution in [-0.4, -0.2) is 30.1 Å². The van der Waals surface area contributed by atoms with Crippen molar-refractivity contribution in [1.82, 2.24) is 9.97 Å². The first-order chi connectivity index (χ1) is 6.39. The first kappa shape index (κ1) is 10.9. The fourth-order valence-corrected chi connectivity index (χ4v) is 1.23. The Hall–Kier alpha value is -1.21. The number of ether oxygens (including phenoxy) is 1. The van der Waals surface area contributed by atoms with Crippen LogP contribution in [0.1, 0.15) is 0 Å². The van der Waals surface area contributed by atoms with Crippen LogP contribution in [0.3, 0.4) is 0 Å². The second-order valence-electron chi connectivity index (χ2n) is 2.29. The van der Waals surface area contributed by atoms with Gasteiger partial charge in [-0.25, -0.2) is 18.2 Å². The molecular formula is C6H5ClN2O4S. The highest BCUT2D eigenvalue weighted by atomic mass is 35.5. The molecule has 1 heterocycles. The summed E-state index contributed by atoms with van der Waals surface area (Å²) < 4.78 is 26.3. The molecule has 76 valence electrons. The number of carbonyl (C=O) groups is 1. The highest BCUT2D eigenvalue weighted by molar-refractivity contribution is 7.90. The van der Waals surface area contributed by atoms with E-state index in [0.29, 0.717) is 0 Å². The Labute approximate surface area is 84.8 Å². The van der Waals surface area contributed by atoms with Crippen molar-refractivity contribution in [2.75, 3.05) is 6.26 Å². The Balaban J connectivity index is 3.08. The topological polar surface area (TPSA) is 86.2 Å². The van der Waals surface area contributed by atoms with Gasteiger partial charge in [0.1, 0.15) is 0 Å². The summed E-state index contributed by atoms with van der Waals surface area (Å²) in [6.45, 7) is 0. The van der Waals surface area contributed by atoms with Crippen LogP contribution in [0.15, 0.2) is 17.4 Å². The van der Waals surface area contributed by atoms with Crippen LogP contribution in [0.25, 0.3) is 0 Å². The lowest BCUT2D eigenvalue weighted by Crippen LogP contribution is -2.06. The highest BCUT2D eigenvalue weighted by Crippen LogP contribution is 2.09. The maximum Gasteiger partial charge on any atom is 0.410 e. The maximum atomic E-state index is 11.0. The molecule has 0 atom stereocenters. The number of hydrogen-bond donors (Lipinski definition) is 0. The SMILES string of the molecule is CS(=O)(=O)c1nccc(OC(=O)Cl)n1. The van der Waals surface area contributed by atoms with Crippen LogP contribution in [-0.2, 0) is 9.84 Å². The summed E-state index contributed by atoms with van der Waals surface area (Å²) in [4.78, 5) is 17.2. The van der Waals surface area contributed by atoms with Crippen LogP contribution >= 0.6 is 11.6 Å². The summed E-state index contributed by atoms with van der Waals surface area (Å²) in [5.41, 5.74) is -1.09. The summed E-state index contributed by atoms with van der Waals surface area (Å²) in [6, 6.07) is 1.22. The van der Waals surface area contributed by atoms with E-state index in [9.17, 15) is 13.2 Å². The number of hydrogen-bond acceptors (Lipinski definition) is 6. The van der Waals surface area contributed by atoms with Crippen molar-refractivity contribution < 1.29 is 17.9 Å². The predicted molar refractivity (Wildman–Crippen MR) is 47.0 cm³/mol. The summed E-state index contributed by atoms with van der Waals surface area (Å²) in [5.74, 6) is -0.208. The van der Waals surface area contributed by atoms with E-state index in [2.05, 4.69) is 14.7 Å². The van der Waals surface area contributed by atoms with Gasteiger partial charge >= 0.3 is 5.43 Å². The fraction of sp³-hybridized carbons (Fsp3) is 0.167. The lowest BCUT2D eigenvalue weighted by Gasteiger charge is -1.99. The van der Waals surface area contributed by atoms with Crippen LogP contribution in [0.5, 0.6) is 5.88 Å². The summed E-state index contributed by atoms with van der Waals surface area (Å²) >= 11 is 4.91. The van der Waals surface area contributed by atoms with Crippen molar-refractivity contribution in [3.8, 4) is 5.88 Å². The first-order valence-electron chi connectivity index (χ1n) is 3.30. The van der Waals surface area contributed by atoms with Crippen LogP contribution in [0.2, 0.25) is 0 Å². The second-order valence-corrected chi connectivity index (χ2v) is 4.51. The van der Waals surface area contributed by atoms with Gasteiger partial charge in [-0.3, -0.25) is 0 Å². The number of sulfone groups is 1. The average molecular weight is 237 g/mol. The molecule has 0 radical (unpaired) electrons. The third-order valence-electron chi connectivity index (χ3n) is 1.12. The molecule has 0 aliphatic rings. The normalized spacial score (nSPS) is 11.0. The van der Waals surface area contributed by atoms with Crippen LogP contribution in [0.4, 0.5) is 4.79 Å². The van der Waals surface area contributed by atoms with Crippen molar-refractivity contribution in [3.05, 3.63) is 12.3 Å². The number of carbonyl (C=O) groups excluding carboxylic acids is 1. The first-order valence-corrected chi connectivity index (χ1v) is 5.57. The van der Waals surface area contributed by atoms with Gasteiger partial charge in [-0.05, 0) is 0 Å². The molecule has 0 bridgehead atoms. The molecule has 0 N–H and O–H groups in total. The molecule has 0 amide bonds. The molecule has 0 aliphatic carbocycles. The molecule has 0 aromatic carbocycles. The van der Waals surface area contributed by atoms with E-state index in [-0.39, 0.29) is 5.88 Å². The van der Waals surface area contributed by atoms with Crippen LogP contribution < -0.4 is 4.74 Å². The molecule has 0 saturated heterocycles. The van der Waals surface area contributed by atoms with Crippen molar-refractivity contribution >= 4 is 26.9 Å². The van der Waals surface area contributed by atoms with Crippen molar-refractivity contribution in [1.29, 1.82) is 0 Å². The number of rotatable bonds is 2. The van der Waals surface area contributed by atoms with E-state index in [4.69, 9.17) is 11.6 Å². The molecule has 14 heavy (non-hydrogen) atoms. The third kappa shape index (κ3) is 2.93. The van der Waals surface area contributed by atoms with Crippen molar-refractivity contribution in [2.45, 2.75) is 5.16 Å². The molecule has 0 spiro atoms. The van der Waals surface area contributed by atoms with Gasteiger partial charge in [0.15, 0.2) is 0 Å². The van der Waals surface area contributed by atoms with Gasteiger partial charge < -0.3 is 4.74 Å². The average Bonchev–Trinajstić information content (AvgIpc) is 2.01. The lowest BCUT2D eigenvalue weighted by molar-refractivity contribution is 0.223. The number of nitrogens with zero attached hydrogens (tertiary/aromatic N) is 2. The standard InChI is InChI=1S/C6H5ClN2O4S/c1-14(11,12)6-8-3-2-4(9-6)13-5(7)10/h2-3H,1H3. The molecular weight excluding hydrogens is 232 g/mol. The Morgan fingerprint density at radius 2 is 2.21 bits per heavy atom. The number of halogens is 1. The Morgan fingerprint density at radius 3 is 2.71 bits per heavy atom. The Morgan fingerprint density at radius 1 is 1.57 bits per heavy atom. The van der Waals surface area contributed by atoms with E-state index >= 15 is 0 Å². The molecule has 8 heteroatoms. The second kappa shape index (κ2) is 3.89. The van der Waals surface area contributed by atoms with Gasteiger partial charge in [0.2, 0.25) is 20.9 Å². The minimum absolute atomic E-state index is 0.208. The zero-order valence-electron chi connectivity index (χ0n) is 6.97. The Kier molecular flexibility index (Phi) is 3.02. The van der Waals surface area contributed by atoms with Crippen LogP contribution in [0, 0.1) is 0 Å². The number of aromatic nitrogens is 2. The summed E-state index contributed by atoms with van der Waals surface area (Å²) in [5, 5.41) is -0.423. The molecule has 6 nitrogen and oxygen atoms in total. The van der Waals surface area contributed by atoms with E-state index in [1.165, 1.54) is 6.07 Å². The lowest BCUT2D eigenvalue weighted by atomic mass is 10.6. The predicted octanol–water partition coefficient (Wildman–Crippen LogP) is 0.618. The molecule has 0 unspecified atom stereocenters. The minimum Gasteiger partial charge on any atom is -0.395 e. The molecule has 1 rings (SSSR count). The van der Waals surface area contributed by atoms with Gasteiger partial charge in [0.05, 0.1) is 0 Å². The van der Waals surface area contributed by atoms with Gasteiger partial charge in [-0.15, -0.1) is 0 Å². The molecule has 0 fully saturated rings. The quantitative estimate of drug-likeness (QED) is 0.553. The van der Waals surface area contributed by atoms with E-state index in [1.807, 2.05) is 0 Å². The molecule has 1 aromatic heterocycles. The third-order valence-corrected chi connectivity index (χ3v) is 2.06. The van der Waals surface area contributed by atoms with E-state index < -0.39 is 20.4 Å².